The fraction of sp³-hybridized carbons (Fsp3) is 0.615. The van der Waals surface area contributed by atoms with Crippen molar-refractivity contribution in [2.24, 2.45) is 0 Å². The molecule has 0 saturated carbocycles. The lowest BCUT2D eigenvalue weighted by atomic mass is 10.1. The van der Waals surface area contributed by atoms with E-state index in [9.17, 15) is 0 Å². The Hall–Kier alpha value is -1.29. The van der Waals surface area contributed by atoms with Gasteiger partial charge in [-0.1, -0.05) is 0 Å². The summed E-state index contributed by atoms with van der Waals surface area (Å²) < 4.78 is 5.89. The van der Waals surface area contributed by atoms with E-state index in [1.165, 1.54) is 0 Å². The Kier molecular flexibility index (Phi) is 3.00. The highest BCUT2D eigenvalue weighted by Crippen LogP contribution is 2.25. The van der Waals surface area contributed by atoms with Gasteiger partial charge in [-0.25, -0.2) is 4.98 Å². The van der Waals surface area contributed by atoms with E-state index in [0.29, 0.717) is 0 Å². The van der Waals surface area contributed by atoms with Gasteiger partial charge in [-0.05, 0) is 39.8 Å². The van der Waals surface area contributed by atoms with Crippen LogP contribution < -0.4 is 10.6 Å². The van der Waals surface area contributed by atoms with Crippen LogP contribution in [0.4, 0.5) is 11.5 Å². The second kappa shape index (κ2) is 4.18. The van der Waals surface area contributed by atoms with Crippen LogP contribution >= 0.6 is 0 Å². The Bertz CT molecular complexity index is 417. The largest absolute Gasteiger partial charge is 0.397 e. The minimum Gasteiger partial charge on any atom is -0.397 e. The number of anilines is 2. The maximum Gasteiger partial charge on any atom is 0.129 e. The number of nitrogens with two attached hydrogens (primary N) is 1. The zero-order valence-electron chi connectivity index (χ0n) is 11.0. The summed E-state index contributed by atoms with van der Waals surface area (Å²) in [5.74, 6) is 0.986. The fourth-order valence-corrected chi connectivity index (χ4v) is 2.36. The molecule has 1 unspecified atom stereocenters. The Morgan fingerprint density at radius 1 is 1.47 bits per heavy atom. The number of hydrogen-bond acceptors (Lipinski definition) is 4. The number of morpholine rings is 1. The molecule has 1 aromatic rings. The van der Waals surface area contributed by atoms with E-state index in [4.69, 9.17) is 10.5 Å². The van der Waals surface area contributed by atoms with Crippen LogP contribution in [-0.4, -0.2) is 29.8 Å². The zero-order valence-corrected chi connectivity index (χ0v) is 11.0. The Morgan fingerprint density at radius 2 is 2.18 bits per heavy atom. The molecule has 1 saturated heterocycles. The Labute approximate surface area is 103 Å². The van der Waals surface area contributed by atoms with Gasteiger partial charge in [-0.15, -0.1) is 0 Å². The quantitative estimate of drug-likeness (QED) is 0.808. The first-order valence-corrected chi connectivity index (χ1v) is 6.03. The lowest BCUT2D eigenvalue weighted by Gasteiger charge is -2.42. The molecule has 17 heavy (non-hydrogen) atoms. The van der Waals surface area contributed by atoms with Gasteiger partial charge in [0.05, 0.1) is 23.1 Å². The van der Waals surface area contributed by atoms with E-state index < -0.39 is 0 Å². The van der Waals surface area contributed by atoms with Gasteiger partial charge in [0.15, 0.2) is 0 Å². The molecule has 1 aliphatic heterocycles. The van der Waals surface area contributed by atoms with E-state index >= 15 is 0 Å². The number of ether oxygens (including phenoxy) is 1. The Morgan fingerprint density at radius 3 is 2.76 bits per heavy atom. The molecule has 4 nitrogen and oxygen atoms in total. The predicted octanol–water partition coefficient (Wildman–Crippen LogP) is 1.98. The van der Waals surface area contributed by atoms with Crippen LogP contribution in [0.1, 0.15) is 26.5 Å². The van der Waals surface area contributed by atoms with Crippen LogP contribution in [0.15, 0.2) is 12.1 Å². The second-order valence-corrected chi connectivity index (χ2v) is 5.41. The summed E-state index contributed by atoms with van der Waals surface area (Å²) >= 11 is 0. The molecule has 94 valence electrons. The lowest BCUT2D eigenvalue weighted by Crippen LogP contribution is -2.52. The van der Waals surface area contributed by atoms with Gasteiger partial charge in [0.25, 0.3) is 0 Å². The summed E-state index contributed by atoms with van der Waals surface area (Å²) in [5.41, 5.74) is 7.30. The summed E-state index contributed by atoms with van der Waals surface area (Å²) in [6, 6.07) is 3.90. The third kappa shape index (κ3) is 2.69. The minimum atomic E-state index is -0.130. The first-order valence-electron chi connectivity index (χ1n) is 6.03. The van der Waals surface area contributed by atoms with Crippen molar-refractivity contribution in [3.8, 4) is 0 Å². The van der Waals surface area contributed by atoms with Gasteiger partial charge in [0.2, 0.25) is 0 Å². The number of nitrogens with zero attached hydrogens (tertiary/aromatic N) is 2. The summed E-state index contributed by atoms with van der Waals surface area (Å²) in [4.78, 5) is 6.81. The first kappa shape index (κ1) is 12.2. The van der Waals surface area contributed by atoms with Crippen LogP contribution in [0.5, 0.6) is 0 Å². The fourth-order valence-electron chi connectivity index (χ4n) is 2.36. The van der Waals surface area contributed by atoms with Crippen molar-refractivity contribution in [2.75, 3.05) is 23.7 Å². The van der Waals surface area contributed by atoms with Crippen molar-refractivity contribution in [3.05, 3.63) is 17.8 Å². The number of aromatic nitrogens is 1. The van der Waals surface area contributed by atoms with E-state index in [0.717, 1.165) is 30.3 Å². The summed E-state index contributed by atoms with van der Waals surface area (Å²) in [6.45, 7) is 9.99. The highest BCUT2D eigenvalue weighted by molar-refractivity contribution is 5.50. The molecule has 0 bridgehead atoms. The van der Waals surface area contributed by atoms with E-state index in [1.807, 2.05) is 19.1 Å². The second-order valence-electron chi connectivity index (χ2n) is 5.41. The number of pyridine rings is 1. The minimum absolute atomic E-state index is 0.130. The molecule has 0 aromatic carbocycles. The average Bonchev–Trinajstić information content (AvgIpc) is 2.19. The number of aryl methyl sites for hydroxylation is 1. The van der Waals surface area contributed by atoms with Crippen LogP contribution in [0.2, 0.25) is 0 Å². The van der Waals surface area contributed by atoms with E-state index in [1.54, 1.807) is 0 Å². The van der Waals surface area contributed by atoms with Crippen molar-refractivity contribution in [3.63, 3.8) is 0 Å². The van der Waals surface area contributed by atoms with E-state index in [2.05, 4.69) is 30.7 Å². The van der Waals surface area contributed by atoms with Crippen LogP contribution in [0.3, 0.4) is 0 Å². The molecule has 2 heterocycles. The summed E-state index contributed by atoms with van der Waals surface area (Å²) in [6.07, 6.45) is 0.221. The lowest BCUT2D eigenvalue weighted by molar-refractivity contribution is -0.0751. The molecular formula is C13H21N3O. The van der Waals surface area contributed by atoms with Gasteiger partial charge in [-0.3, -0.25) is 0 Å². The average molecular weight is 235 g/mol. The molecule has 1 fully saturated rings. The van der Waals surface area contributed by atoms with Crippen LogP contribution in [0.25, 0.3) is 0 Å². The molecule has 0 aliphatic carbocycles. The van der Waals surface area contributed by atoms with Gasteiger partial charge in [0, 0.05) is 13.1 Å². The predicted molar refractivity (Wildman–Crippen MR) is 70.2 cm³/mol. The van der Waals surface area contributed by atoms with E-state index in [-0.39, 0.29) is 11.7 Å². The molecule has 1 aromatic heterocycles. The van der Waals surface area contributed by atoms with Crippen molar-refractivity contribution in [2.45, 2.75) is 39.4 Å². The first-order chi connectivity index (χ1) is 7.87. The molecule has 1 aliphatic rings. The molecule has 4 heteroatoms. The molecule has 0 radical (unpaired) electrons. The normalized spacial score (nSPS) is 23.8. The number of hydrogen-bond donors (Lipinski definition) is 1. The zero-order chi connectivity index (χ0) is 12.6. The van der Waals surface area contributed by atoms with Crippen LogP contribution in [-0.2, 0) is 4.74 Å². The highest BCUT2D eigenvalue weighted by atomic mass is 16.5. The third-order valence-electron chi connectivity index (χ3n) is 3.01. The molecule has 2 N–H and O–H groups in total. The van der Waals surface area contributed by atoms with Crippen molar-refractivity contribution in [1.29, 1.82) is 0 Å². The molecule has 0 spiro atoms. The maximum absolute atomic E-state index is 5.89. The highest BCUT2D eigenvalue weighted by Gasteiger charge is 2.31. The van der Waals surface area contributed by atoms with Gasteiger partial charge in [-0.2, -0.15) is 0 Å². The molecule has 2 rings (SSSR count). The molecule has 0 amide bonds. The monoisotopic (exact) mass is 235 g/mol. The smallest absolute Gasteiger partial charge is 0.129 e. The van der Waals surface area contributed by atoms with Crippen LogP contribution in [0, 0.1) is 6.92 Å². The van der Waals surface area contributed by atoms with Gasteiger partial charge < -0.3 is 15.4 Å². The van der Waals surface area contributed by atoms with Crippen molar-refractivity contribution >= 4 is 11.5 Å². The third-order valence-corrected chi connectivity index (χ3v) is 3.01. The molecule has 1 atom stereocenters. The van der Waals surface area contributed by atoms with Gasteiger partial charge in [0.1, 0.15) is 5.82 Å². The topological polar surface area (TPSA) is 51.4 Å². The molecular weight excluding hydrogens is 214 g/mol. The standard InChI is InChI=1S/C13H21N3O/c1-9-7-16(8-13(3,4)17-9)12-6-5-11(14)10(2)15-12/h5-6,9H,7-8,14H2,1-4H3. The van der Waals surface area contributed by atoms with Crippen molar-refractivity contribution in [1.82, 2.24) is 4.98 Å². The maximum atomic E-state index is 5.89. The summed E-state index contributed by atoms with van der Waals surface area (Å²) in [7, 11) is 0. The number of nitrogen functional groups attached to an aromatic ring is 1. The van der Waals surface area contributed by atoms with Gasteiger partial charge >= 0.3 is 0 Å². The SMILES string of the molecule is Cc1nc(N2CC(C)OC(C)(C)C2)ccc1N. The van der Waals surface area contributed by atoms with Crippen molar-refractivity contribution < 1.29 is 4.74 Å². The number of rotatable bonds is 1. The Balaban J connectivity index is 2.24. The summed E-state index contributed by atoms with van der Waals surface area (Å²) in [5, 5.41) is 0.